The molecule has 0 bridgehead atoms. The lowest BCUT2D eigenvalue weighted by molar-refractivity contribution is -0.128. The van der Waals surface area contributed by atoms with Crippen LogP contribution < -0.4 is 23.7 Å². The molecular formula is C19H18O6. The van der Waals surface area contributed by atoms with E-state index in [1.54, 1.807) is 56.7 Å². The Morgan fingerprint density at radius 3 is 2.44 bits per heavy atom. The molecule has 2 aromatic rings. The first-order chi connectivity index (χ1) is 12.2. The predicted molar refractivity (Wildman–Crippen MR) is 91.6 cm³/mol. The summed E-state index contributed by atoms with van der Waals surface area (Å²) in [6.07, 6.45) is 2.97. The van der Waals surface area contributed by atoms with Crippen LogP contribution in [0, 0.1) is 0 Å². The number of hydrogen-bond acceptors (Lipinski definition) is 6. The quantitative estimate of drug-likeness (QED) is 0.473. The summed E-state index contributed by atoms with van der Waals surface area (Å²) in [6.45, 7) is 0.954. The van der Waals surface area contributed by atoms with E-state index in [4.69, 9.17) is 23.7 Å². The van der Waals surface area contributed by atoms with Gasteiger partial charge in [-0.1, -0.05) is 0 Å². The second-order valence-electron chi connectivity index (χ2n) is 5.18. The van der Waals surface area contributed by atoms with Gasteiger partial charge in [0.25, 0.3) is 0 Å². The van der Waals surface area contributed by atoms with Crippen molar-refractivity contribution in [3.8, 4) is 28.7 Å². The molecule has 2 aromatic carbocycles. The van der Waals surface area contributed by atoms with Gasteiger partial charge in [0.2, 0.25) is 5.75 Å². The maximum absolute atomic E-state index is 12.0. The molecule has 0 amide bonds. The Bertz CT molecular complexity index is 762. The highest BCUT2D eigenvalue weighted by molar-refractivity contribution is 5.89. The monoisotopic (exact) mass is 342 g/mol. The average molecular weight is 342 g/mol. The van der Waals surface area contributed by atoms with Crippen LogP contribution in [0.15, 0.2) is 42.5 Å². The molecule has 130 valence electrons. The summed E-state index contributed by atoms with van der Waals surface area (Å²) in [4.78, 5) is 12.0. The SMILES string of the molecule is COc1ccc(OC(=O)/C=C/c2cc(OC)c3c(c2)OCCO3)cc1. The second-order valence-corrected chi connectivity index (χ2v) is 5.18. The minimum atomic E-state index is -0.487. The van der Waals surface area contributed by atoms with Gasteiger partial charge in [-0.05, 0) is 48.0 Å². The van der Waals surface area contributed by atoms with Gasteiger partial charge in [0.15, 0.2) is 11.5 Å². The summed E-state index contributed by atoms with van der Waals surface area (Å²) in [6, 6.07) is 10.3. The molecular weight excluding hydrogens is 324 g/mol. The van der Waals surface area contributed by atoms with Gasteiger partial charge in [0.05, 0.1) is 14.2 Å². The third-order valence-corrected chi connectivity index (χ3v) is 3.54. The fourth-order valence-electron chi connectivity index (χ4n) is 2.35. The van der Waals surface area contributed by atoms with Crippen molar-refractivity contribution in [3.05, 3.63) is 48.0 Å². The van der Waals surface area contributed by atoms with E-state index in [0.29, 0.717) is 42.0 Å². The molecule has 0 fully saturated rings. The molecule has 0 spiro atoms. The molecule has 0 radical (unpaired) electrons. The highest BCUT2D eigenvalue weighted by Crippen LogP contribution is 2.40. The molecule has 0 N–H and O–H groups in total. The van der Waals surface area contributed by atoms with Crippen molar-refractivity contribution < 1.29 is 28.5 Å². The zero-order chi connectivity index (χ0) is 17.6. The lowest BCUT2D eigenvalue weighted by atomic mass is 10.1. The Morgan fingerprint density at radius 1 is 1.00 bits per heavy atom. The third kappa shape index (κ3) is 4.03. The molecule has 1 aliphatic rings. The van der Waals surface area contributed by atoms with Gasteiger partial charge in [-0.25, -0.2) is 4.79 Å². The molecule has 0 aliphatic carbocycles. The lowest BCUT2D eigenvalue weighted by Crippen LogP contribution is -2.16. The number of carbonyl (C=O) groups excluding carboxylic acids is 1. The fourth-order valence-corrected chi connectivity index (χ4v) is 2.35. The number of esters is 1. The topological polar surface area (TPSA) is 63.2 Å². The van der Waals surface area contributed by atoms with Crippen LogP contribution in [0.3, 0.4) is 0 Å². The first-order valence-corrected chi connectivity index (χ1v) is 7.71. The zero-order valence-corrected chi connectivity index (χ0v) is 14.0. The third-order valence-electron chi connectivity index (χ3n) is 3.54. The standard InChI is InChI=1S/C19H18O6/c1-21-14-4-6-15(7-5-14)25-18(20)8-3-13-11-16(22-2)19-17(12-13)23-9-10-24-19/h3-8,11-12H,9-10H2,1-2H3/b8-3+. The molecule has 0 atom stereocenters. The van der Waals surface area contributed by atoms with Crippen molar-refractivity contribution in [2.75, 3.05) is 27.4 Å². The first-order valence-electron chi connectivity index (χ1n) is 7.71. The van der Waals surface area contributed by atoms with Crippen LogP contribution in [0.5, 0.6) is 28.7 Å². The Labute approximate surface area is 145 Å². The van der Waals surface area contributed by atoms with Gasteiger partial charge in [-0.3, -0.25) is 0 Å². The Kier molecular flexibility index (Phi) is 5.09. The Morgan fingerprint density at radius 2 is 1.72 bits per heavy atom. The number of methoxy groups -OCH3 is 2. The highest BCUT2D eigenvalue weighted by Gasteiger charge is 2.17. The van der Waals surface area contributed by atoms with Crippen molar-refractivity contribution in [1.29, 1.82) is 0 Å². The molecule has 6 nitrogen and oxygen atoms in total. The van der Waals surface area contributed by atoms with Crippen molar-refractivity contribution in [3.63, 3.8) is 0 Å². The predicted octanol–water partition coefficient (Wildman–Crippen LogP) is 3.09. The second kappa shape index (κ2) is 7.61. The van der Waals surface area contributed by atoms with Gasteiger partial charge in [0.1, 0.15) is 24.7 Å². The lowest BCUT2D eigenvalue weighted by Gasteiger charge is -2.20. The summed E-state index contributed by atoms with van der Waals surface area (Å²) < 4.78 is 26.7. The van der Waals surface area contributed by atoms with Crippen molar-refractivity contribution in [2.24, 2.45) is 0 Å². The average Bonchev–Trinajstić information content (AvgIpc) is 2.66. The van der Waals surface area contributed by atoms with Gasteiger partial charge < -0.3 is 23.7 Å². The molecule has 1 aliphatic heterocycles. The van der Waals surface area contributed by atoms with Gasteiger partial charge in [-0.15, -0.1) is 0 Å². The van der Waals surface area contributed by atoms with E-state index in [1.165, 1.54) is 6.08 Å². The molecule has 0 saturated heterocycles. The maximum atomic E-state index is 12.0. The van der Waals surface area contributed by atoms with Crippen molar-refractivity contribution in [2.45, 2.75) is 0 Å². The highest BCUT2D eigenvalue weighted by atomic mass is 16.6. The number of rotatable bonds is 5. The Balaban J connectivity index is 1.71. The van der Waals surface area contributed by atoms with E-state index < -0.39 is 5.97 Å². The van der Waals surface area contributed by atoms with Crippen LogP contribution in [0.4, 0.5) is 0 Å². The van der Waals surface area contributed by atoms with E-state index in [9.17, 15) is 4.79 Å². The molecule has 1 heterocycles. The summed E-state index contributed by atoms with van der Waals surface area (Å²) in [7, 11) is 3.13. The van der Waals surface area contributed by atoms with Crippen LogP contribution in [-0.4, -0.2) is 33.4 Å². The van der Waals surface area contributed by atoms with E-state index in [-0.39, 0.29) is 0 Å². The summed E-state index contributed by atoms with van der Waals surface area (Å²) in [5.74, 6) is 2.37. The van der Waals surface area contributed by atoms with Gasteiger partial charge in [-0.2, -0.15) is 0 Å². The van der Waals surface area contributed by atoms with Gasteiger partial charge >= 0.3 is 5.97 Å². The Hall–Kier alpha value is -3.15. The largest absolute Gasteiger partial charge is 0.497 e. The van der Waals surface area contributed by atoms with Crippen molar-refractivity contribution >= 4 is 12.0 Å². The normalized spacial score (nSPS) is 12.7. The van der Waals surface area contributed by atoms with Gasteiger partial charge in [0, 0.05) is 6.08 Å². The summed E-state index contributed by atoms with van der Waals surface area (Å²) in [5, 5.41) is 0. The van der Waals surface area contributed by atoms with Crippen LogP contribution in [0.2, 0.25) is 0 Å². The van der Waals surface area contributed by atoms with E-state index >= 15 is 0 Å². The minimum Gasteiger partial charge on any atom is -0.497 e. The molecule has 0 saturated carbocycles. The van der Waals surface area contributed by atoms with Crippen LogP contribution in [-0.2, 0) is 4.79 Å². The summed E-state index contributed by atoms with van der Waals surface area (Å²) >= 11 is 0. The number of carbonyl (C=O) groups is 1. The first kappa shape index (κ1) is 16.7. The van der Waals surface area contributed by atoms with E-state index in [2.05, 4.69) is 0 Å². The number of hydrogen-bond donors (Lipinski definition) is 0. The molecule has 0 aromatic heterocycles. The molecule has 25 heavy (non-hydrogen) atoms. The van der Waals surface area contributed by atoms with E-state index in [0.717, 1.165) is 5.56 Å². The van der Waals surface area contributed by atoms with E-state index in [1.807, 2.05) is 0 Å². The number of fused-ring (bicyclic) bond motifs is 1. The van der Waals surface area contributed by atoms with Crippen LogP contribution in [0.25, 0.3) is 6.08 Å². The smallest absolute Gasteiger partial charge is 0.336 e. The molecule has 6 heteroatoms. The zero-order valence-electron chi connectivity index (χ0n) is 14.0. The van der Waals surface area contributed by atoms with Crippen LogP contribution >= 0.6 is 0 Å². The molecule has 0 unspecified atom stereocenters. The maximum Gasteiger partial charge on any atom is 0.336 e. The van der Waals surface area contributed by atoms with Crippen LogP contribution in [0.1, 0.15) is 5.56 Å². The molecule has 3 rings (SSSR count). The number of ether oxygens (including phenoxy) is 5. The minimum absolute atomic E-state index is 0.440. The number of benzene rings is 2. The van der Waals surface area contributed by atoms with Crippen molar-refractivity contribution in [1.82, 2.24) is 0 Å². The fraction of sp³-hybridized carbons (Fsp3) is 0.211. The summed E-state index contributed by atoms with van der Waals surface area (Å²) in [5.41, 5.74) is 0.743.